The summed E-state index contributed by atoms with van der Waals surface area (Å²) in [7, 11) is 1.85. The number of aromatic nitrogens is 2. The van der Waals surface area contributed by atoms with Gasteiger partial charge in [0.05, 0.1) is 22.5 Å². The number of aryl methyl sites for hydroxylation is 2. The fourth-order valence-electron chi connectivity index (χ4n) is 2.08. The molecular formula is C14H16BrClN2O. The Balaban J connectivity index is 2.27. The minimum absolute atomic E-state index is 0.449. The van der Waals surface area contributed by atoms with Crippen LogP contribution in [0.4, 0.5) is 0 Å². The van der Waals surface area contributed by atoms with Crippen molar-refractivity contribution in [1.29, 1.82) is 0 Å². The van der Waals surface area contributed by atoms with E-state index in [-0.39, 0.29) is 0 Å². The summed E-state index contributed by atoms with van der Waals surface area (Å²) in [6.45, 7) is 2.02. The SMILES string of the molecule is CCc1nn(C)c(CC(O)c2ccccc2Br)c1Cl. The predicted molar refractivity (Wildman–Crippen MR) is 80.4 cm³/mol. The van der Waals surface area contributed by atoms with Crippen LogP contribution in [0.1, 0.15) is 30.0 Å². The average molecular weight is 344 g/mol. The first kappa shape index (κ1) is 14.6. The molecule has 2 aromatic rings. The topological polar surface area (TPSA) is 38.0 Å². The van der Waals surface area contributed by atoms with Gasteiger partial charge in [0.25, 0.3) is 0 Å². The Morgan fingerprint density at radius 3 is 2.68 bits per heavy atom. The van der Waals surface area contributed by atoms with Crippen LogP contribution in [0.3, 0.4) is 0 Å². The minimum atomic E-state index is -0.604. The van der Waals surface area contributed by atoms with E-state index in [2.05, 4.69) is 21.0 Å². The quantitative estimate of drug-likeness (QED) is 0.919. The van der Waals surface area contributed by atoms with E-state index in [1.807, 2.05) is 38.2 Å². The van der Waals surface area contributed by atoms with E-state index in [1.54, 1.807) is 4.68 Å². The van der Waals surface area contributed by atoms with E-state index in [0.29, 0.717) is 11.4 Å². The minimum Gasteiger partial charge on any atom is -0.388 e. The molecule has 0 fully saturated rings. The molecule has 1 aromatic carbocycles. The maximum Gasteiger partial charge on any atom is 0.0856 e. The standard InChI is InChI=1S/C14H16BrClN2O/c1-3-11-14(16)12(18(2)17-11)8-13(19)9-6-4-5-7-10(9)15/h4-7,13,19H,3,8H2,1-2H3. The highest BCUT2D eigenvalue weighted by molar-refractivity contribution is 9.10. The highest BCUT2D eigenvalue weighted by atomic mass is 79.9. The molecule has 0 aliphatic rings. The predicted octanol–water partition coefficient (Wildman–Crippen LogP) is 3.67. The van der Waals surface area contributed by atoms with Gasteiger partial charge in [-0.05, 0) is 18.1 Å². The monoisotopic (exact) mass is 342 g/mol. The van der Waals surface area contributed by atoms with Crippen molar-refractivity contribution >= 4 is 27.5 Å². The maximum absolute atomic E-state index is 10.4. The Morgan fingerprint density at radius 2 is 2.11 bits per heavy atom. The molecule has 0 amide bonds. The number of aliphatic hydroxyl groups excluding tert-OH is 1. The van der Waals surface area contributed by atoms with Crippen LogP contribution in [0.15, 0.2) is 28.7 Å². The van der Waals surface area contributed by atoms with Crippen LogP contribution < -0.4 is 0 Å². The van der Waals surface area contributed by atoms with Gasteiger partial charge < -0.3 is 5.11 Å². The van der Waals surface area contributed by atoms with Gasteiger partial charge in [0, 0.05) is 17.9 Å². The Kier molecular flexibility index (Phi) is 4.66. The maximum atomic E-state index is 10.4. The lowest BCUT2D eigenvalue weighted by atomic mass is 10.0. The van der Waals surface area contributed by atoms with Gasteiger partial charge in [-0.3, -0.25) is 4.68 Å². The van der Waals surface area contributed by atoms with E-state index in [0.717, 1.165) is 27.8 Å². The van der Waals surface area contributed by atoms with Crippen LogP contribution in [0.5, 0.6) is 0 Å². The summed E-state index contributed by atoms with van der Waals surface area (Å²) in [5, 5.41) is 15.4. The zero-order valence-electron chi connectivity index (χ0n) is 10.9. The second kappa shape index (κ2) is 6.07. The van der Waals surface area contributed by atoms with Crippen LogP contribution >= 0.6 is 27.5 Å². The van der Waals surface area contributed by atoms with E-state index >= 15 is 0 Å². The molecular weight excluding hydrogens is 328 g/mol. The van der Waals surface area contributed by atoms with E-state index in [9.17, 15) is 5.11 Å². The average Bonchev–Trinajstić information content (AvgIpc) is 2.66. The van der Waals surface area contributed by atoms with Crippen molar-refractivity contribution in [2.75, 3.05) is 0 Å². The molecule has 0 aliphatic heterocycles. The molecule has 1 N–H and O–H groups in total. The van der Waals surface area contributed by atoms with Gasteiger partial charge >= 0.3 is 0 Å². The second-order valence-corrected chi connectivity index (χ2v) is 5.66. The third-order valence-electron chi connectivity index (χ3n) is 3.15. The number of rotatable bonds is 4. The molecule has 1 heterocycles. The molecule has 1 aromatic heterocycles. The van der Waals surface area contributed by atoms with Gasteiger partial charge in [0.2, 0.25) is 0 Å². The van der Waals surface area contributed by atoms with Crippen molar-refractivity contribution in [3.05, 3.63) is 50.7 Å². The first-order valence-electron chi connectivity index (χ1n) is 6.17. The van der Waals surface area contributed by atoms with Gasteiger partial charge in [0.1, 0.15) is 0 Å². The summed E-state index contributed by atoms with van der Waals surface area (Å²) in [6.07, 6.45) is 0.635. The molecule has 0 aliphatic carbocycles. The third kappa shape index (κ3) is 3.02. The number of halogens is 2. The first-order chi connectivity index (χ1) is 9.04. The van der Waals surface area contributed by atoms with Crippen LogP contribution in [0.2, 0.25) is 5.02 Å². The van der Waals surface area contributed by atoms with Gasteiger partial charge in [-0.25, -0.2) is 0 Å². The number of nitrogens with zero attached hydrogens (tertiary/aromatic N) is 2. The number of aliphatic hydroxyl groups is 1. The van der Waals surface area contributed by atoms with Crippen molar-refractivity contribution in [2.45, 2.75) is 25.9 Å². The highest BCUT2D eigenvalue weighted by Crippen LogP contribution is 2.29. The normalized spacial score (nSPS) is 12.7. The van der Waals surface area contributed by atoms with Gasteiger partial charge in [0.15, 0.2) is 0 Å². The summed E-state index contributed by atoms with van der Waals surface area (Å²) >= 11 is 9.75. The summed E-state index contributed by atoms with van der Waals surface area (Å²) < 4.78 is 2.65. The number of hydrogen-bond donors (Lipinski definition) is 1. The summed E-state index contributed by atoms with van der Waals surface area (Å²) in [6, 6.07) is 7.65. The van der Waals surface area contributed by atoms with Crippen molar-refractivity contribution in [3.8, 4) is 0 Å². The summed E-state index contributed by atoms with van der Waals surface area (Å²) in [5.74, 6) is 0. The first-order valence-corrected chi connectivity index (χ1v) is 7.34. The highest BCUT2D eigenvalue weighted by Gasteiger charge is 2.18. The lowest BCUT2D eigenvalue weighted by molar-refractivity contribution is 0.175. The molecule has 0 saturated carbocycles. The molecule has 102 valence electrons. The van der Waals surface area contributed by atoms with Gasteiger partial charge in [-0.2, -0.15) is 5.10 Å². The molecule has 0 spiro atoms. The fraction of sp³-hybridized carbons (Fsp3) is 0.357. The molecule has 2 rings (SSSR count). The van der Waals surface area contributed by atoms with E-state index in [4.69, 9.17) is 11.6 Å². The molecule has 0 radical (unpaired) electrons. The molecule has 19 heavy (non-hydrogen) atoms. The Hall–Kier alpha value is -0.840. The molecule has 3 nitrogen and oxygen atoms in total. The third-order valence-corrected chi connectivity index (χ3v) is 4.31. The molecule has 0 bridgehead atoms. The van der Waals surface area contributed by atoms with Crippen molar-refractivity contribution < 1.29 is 5.11 Å². The lowest BCUT2D eigenvalue weighted by Crippen LogP contribution is -2.07. The van der Waals surface area contributed by atoms with E-state index < -0.39 is 6.10 Å². The molecule has 5 heteroatoms. The van der Waals surface area contributed by atoms with E-state index in [1.165, 1.54) is 0 Å². The van der Waals surface area contributed by atoms with Crippen molar-refractivity contribution in [3.63, 3.8) is 0 Å². The number of benzene rings is 1. The Morgan fingerprint density at radius 1 is 1.42 bits per heavy atom. The lowest BCUT2D eigenvalue weighted by Gasteiger charge is -2.13. The second-order valence-electron chi connectivity index (χ2n) is 4.43. The van der Waals surface area contributed by atoms with Crippen molar-refractivity contribution in [2.24, 2.45) is 7.05 Å². The van der Waals surface area contributed by atoms with Gasteiger partial charge in [-0.15, -0.1) is 0 Å². The zero-order chi connectivity index (χ0) is 14.0. The summed E-state index contributed by atoms with van der Waals surface area (Å²) in [4.78, 5) is 0. The smallest absolute Gasteiger partial charge is 0.0856 e. The Bertz CT molecular complexity index is 583. The fourth-order valence-corrected chi connectivity index (χ4v) is 3.00. The van der Waals surface area contributed by atoms with Crippen LogP contribution in [0.25, 0.3) is 0 Å². The molecule has 1 unspecified atom stereocenters. The summed E-state index contributed by atoms with van der Waals surface area (Å²) in [5.41, 5.74) is 2.60. The van der Waals surface area contributed by atoms with Crippen molar-refractivity contribution in [1.82, 2.24) is 9.78 Å². The Labute approximate surface area is 126 Å². The molecule has 1 atom stereocenters. The number of hydrogen-bond acceptors (Lipinski definition) is 2. The molecule has 0 saturated heterocycles. The van der Waals surface area contributed by atoms with Crippen LogP contribution in [0, 0.1) is 0 Å². The van der Waals surface area contributed by atoms with Gasteiger partial charge in [-0.1, -0.05) is 52.7 Å². The van der Waals surface area contributed by atoms with Crippen LogP contribution in [-0.4, -0.2) is 14.9 Å². The zero-order valence-corrected chi connectivity index (χ0v) is 13.2. The largest absolute Gasteiger partial charge is 0.388 e. The van der Waals surface area contributed by atoms with Crippen LogP contribution in [-0.2, 0) is 19.9 Å².